The lowest BCUT2D eigenvalue weighted by atomic mass is 10.1. The molecule has 4 N–H and O–H groups in total. The molecule has 0 unspecified atom stereocenters. The van der Waals surface area contributed by atoms with Crippen LogP contribution in [0.4, 0.5) is 24.7 Å². The van der Waals surface area contributed by atoms with Crippen LogP contribution in [0.1, 0.15) is 36.2 Å². The number of H-pyrrole nitrogens is 1. The van der Waals surface area contributed by atoms with Gasteiger partial charge in [-0.2, -0.15) is 13.2 Å². The number of aromatic amines is 1. The van der Waals surface area contributed by atoms with Crippen LogP contribution in [-0.4, -0.2) is 21.1 Å². The molecule has 0 aliphatic heterocycles. The largest absolute Gasteiger partial charge is 0.416 e. The number of nitrogens with two attached hydrogens (primary N) is 1. The van der Waals surface area contributed by atoms with Crippen LogP contribution < -0.4 is 16.6 Å². The number of nitrogens with one attached hydrogen (secondary N) is 2. The number of nitrogens with zero attached hydrogens (tertiary/aromatic N) is 1. The normalized spacial score (nSPS) is 12.7. The van der Waals surface area contributed by atoms with Gasteiger partial charge in [0.15, 0.2) is 11.0 Å². The number of hydrogen-bond acceptors (Lipinski definition) is 5. The van der Waals surface area contributed by atoms with Crippen LogP contribution in [0.5, 0.6) is 0 Å². The van der Waals surface area contributed by atoms with E-state index in [0.29, 0.717) is 5.16 Å². The number of hydrogen-bond donors (Lipinski definition) is 3. The second-order valence-corrected chi connectivity index (χ2v) is 6.92. The fourth-order valence-electron chi connectivity index (χ4n) is 1.92. The molecule has 0 aliphatic rings. The molecule has 6 nitrogen and oxygen atoms in total. The molecule has 10 heteroatoms. The van der Waals surface area contributed by atoms with Gasteiger partial charge < -0.3 is 11.1 Å². The van der Waals surface area contributed by atoms with Crippen LogP contribution >= 0.6 is 11.8 Å². The van der Waals surface area contributed by atoms with Crippen molar-refractivity contribution in [2.45, 2.75) is 36.9 Å². The van der Waals surface area contributed by atoms with Gasteiger partial charge in [-0.1, -0.05) is 25.6 Å². The SMILES string of the molecule is CC[C@H](C)Sc1nc(N)c(NC(=O)c2ccc(C(F)(F)F)cc2)c(=O)[nH]1. The number of anilines is 2. The topological polar surface area (TPSA) is 101 Å². The molecule has 0 spiro atoms. The monoisotopic (exact) mass is 386 g/mol. The number of thioether (sulfide) groups is 1. The summed E-state index contributed by atoms with van der Waals surface area (Å²) in [5.74, 6) is -0.931. The highest BCUT2D eigenvalue weighted by molar-refractivity contribution is 7.99. The number of amides is 1. The zero-order valence-corrected chi connectivity index (χ0v) is 14.8. The smallest absolute Gasteiger partial charge is 0.382 e. The quantitative estimate of drug-likeness (QED) is 0.539. The molecule has 140 valence electrons. The molecular formula is C16H17F3N4O2S. The molecule has 26 heavy (non-hydrogen) atoms. The van der Waals surface area contributed by atoms with E-state index in [9.17, 15) is 22.8 Å². The second-order valence-electron chi connectivity index (χ2n) is 5.50. The predicted octanol–water partition coefficient (Wildman–Crippen LogP) is 3.51. The summed E-state index contributed by atoms with van der Waals surface area (Å²) in [5, 5.41) is 2.83. The highest BCUT2D eigenvalue weighted by atomic mass is 32.2. The maximum absolute atomic E-state index is 12.6. The molecule has 0 bridgehead atoms. The second kappa shape index (κ2) is 7.81. The van der Waals surface area contributed by atoms with Crippen molar-refractivity contribution < 1.29 is 18.0 Å². The van der Waals surface area contributed by atoms with Gasteiger partial charge in [-0.05, 0) is 30.7 Å². The summed E-state index contributed by atoms with van der Waals surface area (Å²) < 4.78 is 37.7. The van der Waals surface area contributed by atoms with Crippen molar-refractivity contribution in [3.63, 3.8) is 0 Å². The summed E-state index contributed by atoms with van der Waals surface area (Å²) in [6.45, 7) is 3.94. The Balaban J connectivity index is 2.20. The third-order valence-corrected chi connectivity index (χ3v) is 4.68. The lowest BCUT2D eigenvalue weighted by Crippen LogP contribution is -2.23. The number of alkyl halides is 3. The Morgan fingerprint density at radius 3 is 2.46 bits per heavy atom. The van der Waals surface area contributed by atoms with Gasteiger partial charge in [0.05, 0.1) is 5.56 Å². The molecule has 1 heterocycles. The summed E-state index contributed by atoms with van der Waals surface area (Å²) in [6, 6.07) is 3.60. The lowest BCUT2D eigenvalue weighted by molar-refractivity contribution is -0.137. The minimum absolute atomic E-state index is 0.0464. The van der Waals surface area contributed by atoms with Gasteiger partial charge in [-0.15, -0.1) is 0 Å². The van der Waals surface area contributed by atoms with E-state index in [1.807, 2.05) is 13.8 Å². The molecule has 0 saturated carbocycles. The summed E-state index contributed by atoms with van der Waals surface area (Å²) in [5.41, 5.74) is 3.93. The number of carbonyl (C=O) groups excluding carboxylic acids is 1. The van der Waals surface area contributed by atoms with Crippen LogP contribution in [-0.2, 0) is 6.18 Å². The number of benzene rings is 1. The molecule has 1 aromatic heterocycles. The van der Waals surface area contributed by atoms with Crippen molar-refractivity contribution in [3.8, 4) is 0 Å². The Morgan fingerprint density at radius 1 is 1.35 bits per heavy atom. The van der Waals surface area contributed by atoms with Crippen molar-refractivity contribution in [3.05, 3.63) is 45.7 Å². The van der Waals surface area contributed by atoms with Gasteiger partial charge in [-0.3, -0.25) is 14.6 Å². The van der Waals surface area contributed by atoms with E-state index in [1.54, 1.807) is 0 Å². The Labute approximate surface area is 151 Å². The first-order valence-electron chi connectivity index (χ1n) is 7.66. The average Bonchev–Trinajstić information content (AvgIpc) is 2.57. The van der Waals surface area contributed by atoms with Gasteiger partial charge in [0, 0.05) is 10.8 Å². The Kier molecular flexibility index (Phi) is 5.96. The molecule has 0 saturated heterocycles. The van der Waals surface area contributed by atoms with E-state index in [1.165, 1.54) is 11.8 Å². The predicted molar refractivity (Wildman–Crippen MR) is 94.3 cm³/mol. The first-order valence-corrected chi connectivity index (χ1v) is 8.54. The minimum Gasteiger partial charge on any atom is -0.382 e. The third-order valence-electron chi connectivity index (χ3n) is 3.53. The molecular weight excluding hydrogens is 369 g/mol. The lowest BCUT2D eigenvalue weighted by Gasteiger charge is -2.11. The molecule has 0 aliphatic carbocycles. The van der Waals surface area contributed by atoms with Crippen molar-refractivity contribution in [1.82, 2.24) is 9.97 Å². The fraction of sp³-hybridized carbons (Fsp3) is 0.312. The standard InChI is InChI=1S/C16H17F3N4O2S/c1-3-8(2)26-15-22-12(20)11(14(25)23-15)21-13(24)9-4-6-10(7-5-9)16(17,18)19/h4-8H,3H2,1-2H3,(H,21,24)(H3,20,22,23,25)/t8-/m0/s1. The van der Waals surface area contributed by atoms with Crippen molar-refractivity contribution in [2.24, 2.45) is 0 Å². The van der Waals surface area contributed by atoms with E-state index < -0.39 is 23.2 Å². The maximum atomic E-state index is 12.6. The van der Waals surface area contributed by atoms with Crippen LogP contribution in [0.3, 0.4) is 0 Å². The Morgan fingerprint density at radius 2 is 1.96 bits per heavy atom. The van der Waals surface area contributed by atoms with Crippen LogP contribution in [0.15, 0.2) is 34.2 Å². The Hall–Kier alpha value is -2.49. The highest BCUT2D eigenvalue weighted by Crippen LogP contribution is 2.29. The van der Waals surface area contributed by atoms with Gasteiger partial charge in [0.2, 0.25) is 0 Å². The summed E-state index contributed by atoms with van der Waals surface area (Å²) in [4.78, 5) is 30.8. The Bertz CT molecular complexity index is 850. The van der Waals surface area contributed by atoms with Crippen LogP contribution in [0.2, 0.25) is 0 Å². The summed E-state index contributed by atoms with van der Waals surface area (Å²) in [7, 11) is 0. The number of aromatic nitrogens is 2. The molecule has 0 fully saturated rings. The summed E-state index contributed by atoms with van der Waals surface area (Å²) >= 11 is 1.33. The van der Waals surface area contributed by atoms with E-state index in [0.717, 1.165) is 30.7 Å². The number of nitrogen functional groups attached to an aromatic ring is 1. The average molecular weight is 386 g/mol. The number of rotatable bonds is 5. The third kappa shape index (κ3) is 4.78. The van der Waals surface area contributed by atoms with Crippen molar-refractivity contribution in [2.75, 3.05) is 11.1 Å². The van der Waals surface area contributed by atoms with E-state index in [4.69, 9.17) is 5.73 Å². The van der Waals surface area contributed by atoms with E-state index >= 15 is 0 Å². The zero-order valence-electron chi connectivity index (χ0n) is 14.0. The first kappa shape index (κ1) is 19.8. The molecule has 0 radical (unpaired) electrons. The van der Waals surface area contributed by atoms with Gasteiger partial charge in [-0.25, -0.2) is 4.98 Å². The number of carbonyl (C=O) groups is 1. The molecule has 1 atom stereocenters. The maximum Gasteiger partial charge on any atom is 0.416 e. The van der Waals surface area contributed by atoms with Crippen molar-refractivity contribution >= 4 is 29.2 Å². The summed E-state index contributed by atoms with van der Waals surface area (Å²) in [6.07, 6.45) is -3.63. The van der Waals surface area contributed by atoms with E-state index in [-0.39, 0.29) is 22.3 Å². The van der Waals surface area contributed by atoms with Crippen LogP contribution in [0, 0.1) is 0 Å². The van der Waals surface area contributed by atoms with Crippen molar-refractivity contribution in [1.29, 1.82) is 0 Å². The van der Waals surface area contributed by atoms with E-state index in [2.05, 4.69) is 15.3 Å². The zero-order chi connectivity index (χ0) is 19.5. The first-order chi connectivity index (χ1) is 12.1. The fourth-order valence-corrected chi connectivity index (χ4v) is 2.77. The van der Waals surface area contributed by atoms with Gasteiger partial charge >= 0.3 is 6.18 Å². The number of halogens is 3. The molecule has 2 rings (SSSR count). The minimum atomic E-state index is -4.50. The van der Waals surface area contributed by atoms with Gasteiger partial charge in [0.1, 0.15) is 5.69 Å². The van der Waals surface area contributed by atoms with Gasteiger partial charge in [0.25, 0.3) is 11.5 Å². The highest BCUT2D eigenvalue weighted by Gasteiger charge is 2.30. The molecule has 1 aromatic carbocycles. The van der Waals surface area contributed by atoms with Crippen LogP contribution in [0.25, 0.3) is 0 Å². The molecule has 1 amide bonds. The molecule has 2 aromatic rings.